The van der Waals surface area contributed by atoms with E-state index < -0.39 is 16.0 Å². The van der Waals surface area contributed by atoms with E-state index >= 15 is 0 Å². The monoisotopic (exact) mass is 349 g/mol. The number of para-hydroxylation sites is 3. The van der Waals surface area contributed by atoms with Crippen LogP contribution in [-0.2, 0) is 10.2 Å². The third kappa shape index (κ3) is 2.85. The summed E-state index contributed by atoms with van der Waals surface area (Å²) in [4.78, 5) is 0. The highest BCUT2D eigenvalue weighted by Gasteiger charge is 2.41. The van der Waals surface area contributed by atoms with Gasteiger partial charge in [0.2, 0.25) is 0 Å². The number of nitrogens with zero attached hydrogens (tertiary/aromatic N) is 2. The second-order valence-corrected chi connectivity index (χ2v) is 7.34. The minimum absolute atomic E-state index is 0.0365. The van der Waals surface area contributed by atoms with Crippen molar-refractivity contribution in [2.45, 2.75) is 19.3 Å². The van der Waals surface area contributed by atoms with E-state index in [4.69, 9.17) is 5.73 Å². The van der Waals surface area contributed by atoms with Gasteiger partial charge in [-0.05, 0) is 43.7 Å². The lowest BCUT2D eigenvalue weighted by molar-refractivity contribution is 0.587. The van der Waals surface area contributed by atoms with E-state index in [-0.39, 0.29) is 5.69 Å². The zero-order valence-electron chi connectivity index (χ0n) is 13.2. The quantitative estimate of drug-likeness (QED) is 0.815. The van der Waals surface area contributed by atoms with E-state index in [2.05, 4.69) is 0 Å². The molecule has 0 saturated heterocycles. The van der Waals surface area contributed by atoms with Gasteiger partial charge in [-0.2, -0.15) is 8.42 Å². The number of benzene rings is 2. The Balaban J connectivity index is 2.01. The number of anilines is 3. The van der Waals surface area contributed by atoms with Gasteiger partial charge in [-0.1, -0.05) is 30.7 Å². The van der Waals surface area contributed by atoms with Crippen molar-refractivity contribution in [1.29, 1.82) is 0 Å². The Hall–Kier alpha value is -2.12. The maximum absolute atomic E-state index is 14.2. The Morgan fingerprint density at radius 3 is 2.17 bits per heavy atom. The van der Waals surface area contributed by atoms with E-state index in [0.717, 1.165) is 17.1 Å². The van der Waals surface area contributed by atoms with E-state index in [1.165, 1.54) is 22.5 Å². The molecule has 0 saturated carbocycles. The molecule has 1 aliphatic heterocycles. The molecular formula is C17H20FN3O2S. The SMILES string of the molecule is NCCCCCN1c2ccccc2N(c2ccccc2F)S1(=O)=O. The number of hydrogen-bond acceptors (Lipinski definition) is 3. The normalized spacial score (nSPS) is 15.6. The highest BCUT2D eigenvalue weighted by molar-refractivity contribution is 7.95. The Morgan fingerprint density at radius 2 is 1.50 bits per heavy atom. The molecule has 0 amide bonds. The van der Waals surface area contributed by atoms with Crippen LogP contribution in [0.15, 0.2) is 48.5 Å². The van der Waals surface area contributed by atoms with Crippen LogP contribution < -0.4 is 14.3 Å². The van der Waals surface area contributed by atoms with E-state index in [9.17, 15) is 12.8 Å². The van der Waals surface area contributed by atoms with E-state index in [1.807, 2.05) is 0 Å². The first-order chi connectivity index (χ1) is 11.6. The second kappa shape index (κ2) is 6.78. The zero-order chi connectivity index (χ0) is 17.2. The predicted molar refractivity (Wildman–Crippen MR) is 94.2 cm³/mol. The third-order valence-electron chi connectivity index (χ3n) is 4.02. The maximum Gasteiger partial charge on any atom is 0.331 e. The molecular weight excluding hydrogens is 329 g/mol. The first-order valence-corrected chi connectivity index (χ1v) is 9.33. The van der Waals surface area contributed by atoms with Crippen LogP contribution in [0.25, 0.3) is 0 Å². The Labute approximate surface area is 141 Å². The molecule has 1 heterocycles. The molecule has 3 rings (SSSR count). The topological polar surface area (TPSA) is 66.6 Å². The third-order valence-corrected chi connectivity index (χ3v) is 5.81. The molecule has 0 aromatic heterocycles. The summed E-state index contributed by atoms with van der Waals surface area (Å²) >= 11 is 0. The van der Waals surface area contributed by atoms with Crippen molar-refractivity contribution in [3.63, 3.8) is 0 Å². The first-order valence-electron chi connectivity index (χ1n) is 7.94. The van der Waals surface area contributed by atoms with Crippen molar-refractivity contribution >= 4 is 27.3 Å². The molecule has 0 bridgehead atoms. The summed E-state index contributed by atoms with van der Waals surface area (Å²) < 4.78 is 42.7. The van der Waals surface area contributed by atoms with Gasteiger partial charge in [0.15, 0.2) is 0 Å². The number of rotatable bonds is 6. The number of unbranched alkanes of at least 4 members (excludes halogenated alkanes) is 2. The highest BCUT2D eigenvalue weighted by atomic mass is 32.2. The number of fused-ring (bicyclic) bond motifs is 1. The summed E-state index contributed by atoms with van der Waals surface area (Å²) in [5.74, 6) is -0.569. The summed E-state index contributed by atoms with van der Waals surface area (Å²) in [6.45, 7) is 0.939. The first kappa shape index (κ1) is 16.7. The molecule has 24 heavy (non-hydrogen) atoms. The van der Waals surface area contributed by atoms with Crippen molar-refractivity contribution in [3.05, 3.63) is 54.3 Å². The average Bonchev–Trinajstić information content (AvgIpc) is 2.79. The summed E-state index contributed by atoms with van der Waals surface area (Å²) in [6.07, 6.45) is 2.41. The van der Waals surface area contributed by atoms with Gasteiger partial charge in [0.05, 0.1) is 17.1 Å². The van der Waals surface area contributed by atoms with E-state index in [1.54, 1.807) is 30.3 Å². The zero-order valence-corrected chi connectivity index (χ0v) is 14.0. The fourth-order valence-electron chi connectivity index (χ4n) is 2.88. The molecule has 0 fully saturated rings. The number of halogens is 1. The van der Waals surface area contributed by atoms with Gasteiger partial charge in [0.1, 0.15) is 5.82 Å². The fourth-order valence-corrected chi connectivity index (χ4v) is 4.64. The van der Waals surface area contributed by atoms with Gasteiger partial charge >= 0.3 is 10.2 Å². The largest absolute Gasteiger partial charge is 0.331 e. The van der Waals surface area contributed by atoms with Crippen LogP contribution in [-0.4, -0.2) is 21.5 Å². The van der Waals surface area contributed by atoms with Gasteiger partial charge < -0.3 is 5.73 Å². The predicted octanol–water partition coefficient (Wildman–Crippen LogP) is 3.16. The Kier molecular flexibility index (Phi) is 4.73. The van der Waals surface area contributed by atoms with Gasteiger partial charge in [-0.15, -0.1) is 0 Å². The molecule has 7 heteroatoms. The Morgan fingerprint density at radius 1 is 0.875 bits per heavy atom. The molecule has 0 atom stereocenters. The molecule has 0 aliphatic carbocycles. The van der Waals surface area contributed by atoms with Gasteiger partial charge in [0.25, 0.3) is 0 Å². The van der Waals surface area contributed by atoms with Gasteiger partial charge in [-0.25, -0.2) is 8.70 Å². The van der Waals surface area contributed by atoms with Crippen molar-refractivity contribution in [2.24, 2.45) is 5.73 Å². The van der Waals surface area contributed by atoms with Crippen molar-refractivity contribution < 1.29 is 12.8 Å². The lowest BCUT2D eigenvalue weighted by Gasteiger charge is -2.22. The van der Waals surface area contributed by atoms with Crippen LogP contribution in [0.2, 0.25) is 0 Å². The molecule has 5 nitrogen and oxygen atoms in total. The minimum Gasteiger partial charge on any atom is -0.330 e. The standard InChI is InChI=1S/C17H20FN3O2S/c18-14-8-2-3-9-15(14)21-17-11-5-4-10-16(17)20(24(21,22)23)13-7-1-6-12-19/h2-5,8-11H,1,6-7,12-13,19H2. The molecule has 1 aliphatic rings. The lowest BCUT2D eigenvalue weighted by Crippen LogP contribution is -2.36. The molecule has 2 aromatic rings. The molecule has 0 unspecified atom stereocenters. The van der Waals surface area contributed by atoms with Crippen molar-refractivity contribution in [1.82, 2.24) is 0 Å². The minimum atomic E-state index is -3.85. The maximum atomic E-state index is 14.2. The average molecular weight is 349 g/mol. The summed E-state index contributed by atoms with van der Waals surface area (Å²) in [6, 6.07) is 12.9. The molecule has 0 radical (unpaired) electrons. The van der Waals surface area contributed by atoms with Crippen LogP contribution in [0.4, 0.5) is 21.5 Å². The van der Waals surface area contributed by atoms with Crippen LogP contribution in [0, 0.1) is 5.82 Å². The number of nitrogens with two attached hydrogens (primary N) is 1. The summed E-state index contributed by atoms with van der Waals surface area (Å²) in [5.41, 5.74) is 6.57. The van der Waals surface area contributed by atoms with Gasteiger partial charge in [0, 0.05) is 6.54 Å². The van der Waals surface area contributed by atoms with E-state index in [0.29, 0.717) is 30.9 Å². The van der Waals surface area contributed by atoms with Crippen LogP contribution >= 0.6 is 0 Å². The van der Waals surface area contributed by atoms with Crippen LogP contribution in [0.3, 0.4) is 0 Å². The number of hydrogen-bond donors (Lipinski definition) is 1. The summed E-state index contributed by atoms with van der Waals surface area (Å²) in [7, 11) is -3.85. The Bertz CT molecular complexity index is 826. The van der Waals surface area contributed by atoms with Crippen molar-refractivity contribution in [2.75, 3.05) is 21.7 Å². The fraction of sp³-hybridized carbons (Fsp3) is 0.294. The van der Waals surface area contributed by atoms with Crippen molar-refractivity contribution in [3.8, 4) is 0 Å². The second-order valence-electron chi connectivity index (χ2n) is 5.63. The van der Waals surface area contributed by atoms with Crippen LogP contribution in [0.5, 0.6) is 0 Å². The van der Waals surface area contributed by atoms with Crippen LogP contribution in [0.1, 0.15) is 19.3 Å². The summed E-state index contributed by atoms with van der Waals surface area (Å²) in [5, 5.41) is 0. The molecule has 128 valence electrons. The molecule has 2 aromatic carbocycles. The molecule has 2 N–H and O–H groups in total. The highest BCUT2D eigenvalue weighted by Crippen LogP contribution is 2.45. The molecule has 0 spiro atoms. The smallest absolute Gasteiger partial charge is 0.330 e. The lowest BCUT2D eigenvalue weighted by atomic mass is 10.2. The van der Waals surface area contributed by atoms with Gasteiger partial charge in [-0.3, -0.25) is 4.31 Å².